The van der Waals surface area contributed by atoms with Gasteiger partial charge in [0.2, 0.25) is 0 Å². The van der Waals surface area contributed by atoms with Crippen molar-refractivity contribution in [3.63, 3.8) is 0 Å². The number of amides is 1. The second kappa shape index (κ2) is 11.8. The van der Waals surface area contributed by atoms with Crippen LogP contribution in [0.4, 0.5) is 0 Å². The summed E-state index contributed by atoms with van der Waals surface area (Å²) in [7, 11) is 3.25. The minimum absolute atomic E-state index is 0.118. The third-order valence-corrected chi connectivity index (χ3v) is 6.17. The number of hydrogen-bond acceptors (Lipinski definition) is 6. The Morgan fingerprint density at radius 1 is 0.829 bits per heavy atom. The Morgan fingerprint density at radius 2 is 1.37 bits per heavy atom. The lowest BCUT2D eigenvalue weighted by molar-refractivity contribution is 0.0735. The van der Waals surface area contributed by atoms with Gasteiger partial charge in [0.1, 0.15) is 24.7 Å². The third kappa shape index (κ3) is 6.18. The molecule has 3 aromatic rings. The number of hydrogen-bond donors (Lipinski definition) is 1. The quantitative estimate of drug-likeness (QED) is 0.468. The number of halogens is 1. The summed E-state index contributed by atoms with van der Waals surface area (Å²) in [5, 5.41) is 3.50. The van der Waals surface area contributed by atoms with Gasteiger partial charge in [0, 0.05) is 26.2 Å². The lowest BCUT2D eigenvalue weighted by atomic mass is 10.1. The van der Waals surface area contributed by atoms with Crippen molar-refractivity contribution >= 4 is 17.5 Å². The van der Waals surface area contributed by atoms with Gasteiger partial charge in [-0.15, -0.1) is 0 Å². The first-order valence-electron chi connectivity index (χ1n) is 11.4. The molecular weight excluding hydrogens is 468 g/mol. The van der Waals surface area contributed by atoms with Crippen molar-refractivity contribution in [1.29, 1.82) is 0 Å². The van der Waals surface area contributed by atoms with E-state index < -0.39 is 0 Å². The van der Waals surface area contributed by atoms with Gasteiger partial charge in [0.05, 0.1) is 24.8 Å². The molecule has 0 saturated carbocycles. The standard InChI is InChI=1S/C27H29ClN2O5/c1-32-21-7-3-19(4-8-21)17-34-24-12-11-23(27(31)30-15-13-29-14-16-30)25(28)26(24)35-18-20-5-9-22(33-2)10-6-20/h3-12,29H,13-18H2,1-2H3. The van der Waals surface area contributed by atoms with Gasteiger partial charge in [0.25, 0.3) is 5.91 Å². The topological polar surface area (TPSA) is 69.3 Å². The molecule has 1 heterocycles. The van der Waals surface area contributed by atoms with Crippen LogP contribution in [-0.4, -0.2) is 51.2 Å². The van der Waals surface area contributed by atoms with Crippen molar-refractivity contribution in [2.24, 2.45) is 0 Å². The van der Waals surface area contributed by atoms with Gasteiger partial charge in [-0.25, -0.2) is 0 Å². The molecule has 1 fully saturated rings. The van der Waals surface area contributed by atoms with Crippen molar-refractivity contribution in [1.82, 2.24) is 10.2 Å². The number of carbonyl (C=O) groups is 1. The fourth-order valence-corrected chi connectivity index (χ4v) is 4.04. The molecule has 0 unspecified atom stereocenters. The normalized spacial score (nSPS) is 13.3. The van der Waals surface area contributed by atoms with Crippen LogP contribution in [0.3, 0.4) is 0 Å². The molecule has 0 radical (unpaired) electrons. The molecule has 0 aliphatic carbocycles. The molecule has 184 valence electrons. The van der Waals surface area contributed by atoms with Crippen molar-refractivity contribution in [3.8, 4) is 23.0 Å². The summed E-state index contributed by atoms with van der Waals surface area (Å²) in [5.41, 5.74) is 2.29. The van der Waals surface area contributed by atoms with Crippen molar-refractivity contribution in [2.45, 2.75) is 13.2 Å². The summed E-state index contributed by atoms with van der Waals surface area (Å²) in [6.45, 7) is 3.35. The van der Waals surface area contributed by atoms with E-state index in [1.165, 1.54) is 0 Å². The highest BCUT2D eigenvalue weighted by atomic mass is 35.5. The third-order valence-electron chi connectivity index (χ3n) is 5.79. The molecule has 0 spiro atoms. The minimum Gasteiger partial charge on any atom is -0.497 e. The minimum atomic E-state index is -0.118. The molecule has 1 saturated heterocycles. The molecule has 0 aromatic heterocycles. The van der Waals surface area contributed by atoms with Gasteiger partial charge in [-0.3, -0.25) is 4.79 Å². The van der Waals surface area contributed by atoms with Gasteiger partial charge in [-0.2, -0.15) is 0 Å². The van der Waals surface area contributed by atoms with E-state index in [9.17, 15) is 4.79 Å². The Kier molecular flexibility index (Phi) is 8.34. The molecule has 1 N–H and O–H groups in total. The highest BCUT2D eigenvalue weighted by Gasteiger charge is 2.24. The maximum Gasteiger partial charge on any atom is 0.255 e. The zero-order valence-electron chi connectivity index (χ0n) is 19.9. The largest absolute Gasteiger partial charge is 0.497 e. The van der Waals surface area contributed by atoms with Gasteiger partial charge >= 0.3 is 0 Å². The van der Waals surface area contributed by atoms with Gasteiger partial charge in [-0.1, -0.05) is 35.9 Å². The number of methoxy groups -OCH3 is 2. The summed E-state index contributed by atoms with van der Waals surface area (Å²) in [5.74, 6) is 2.23. The monoisotopic (exact) mass is 496 g/mol. The molecule has 1 amide bonds. The zero-order valence-corrected chi connectivity index (χ0v) is 20.6. The Labute approximate surface area is 210 Å². The van der Waals surface area contributed by atoms with Crippen molar-refractivity contribution in [3.05, 3.63) is 82.4 Å². The zero-order chi connectivity index (χ0) is 24.6. The summed E-state index contributed by atoms with van der Waals surface area (Å²) >= 11 is 6.76. The number of benzene rings is 3. The van der Waals surface area contributed by atoms with Crippen LogP contribution in [0.5, 0.6) is 23.0 Å². The summed E-state index contributed by atoms with van der Waals surface area (Å²) in [4.78, 5) is 15.0. The fraction of sp³-hybridized carbons (Fsp3) is 0.296. The maximum atomic E-state index is 13.2. The van der Waals surface area contributed by atoms with E-state index in [-0.39, 0.29) is 17.5 Å². The molecule has 3 aromatic carbocycles. The Bertz CT molecular complexity index is 1130. The molecule has 1 aliphatic rings. The van der Waals surface area contributed by atoms with E-state index in [0.29, 0.717) is 36.8 Å². The fourth-order valence-electron chi connectivity index (χ4n) is 3.75. The summed E-state index contributed by atoms with van der Waals surface area (Å²) in [6, 6.07) is 18.6. The molecular formula is C27H29ClN2O5. The summed E-state index contributed by atoms with van der Waals surface area (Å²) in [6.07, 6.45) is 0. The van der Waals surface area contributed by atoms with E-state index in [4.69, 9.17) is 30.5 Å². The van der Waals surface area contributed by atoms with Gasteiger partial charge in [-0.05, 0) is 47.5 Å². The molecule has 0 atom stereocenters. The first-order valence-corrected chi connectivity index (χ1v) is 11.8. The van der Waals surface area contributed by atoms with Crippen LogP contribution in [0.25, 0.3) is 0 Å². The number of nitrogens with one attached hydrogen (secondary N) is 1. The molecule has 4 rings (SSSR count). The predicted molar refractivity (Wildman–Crippen MR) is 135 cm³/mol. The molecule has 0 bridgehead atoms. The van der Waals surface area contributed by atoms with Crippen molar-refractivity contribution < 1.29 is 23.7 Å². The SMILES string of the molecule is COc1ccc(COc2ccc(C(=O)N3CCNCC3)c(Cl)c2OCc2ccc(OC)cc2)cc1. The summed E-state index contributed by atoms with van der Waals surface area (Å²) < 4.78 is 22.6. The predicted octanol–water partition coefficient (Wildman–Crippen LogP) is 4.56. The lowest BCUT2D eigenvalue weighted by Crippen LogP contribution is -2.46. The molecule has 7 nitrogen and oxygen atoms in total. The molecule has 8 heteroatoms. The van der Waals surface area contributed by atoms with E-state index >= 15 is 0 Å². The number of carbonyl (C=O) groups excluding carboxylic acids is 1. The first-order chi connectivity index (χ1) is 17.1. The van der Waals surface area contributed by atoms with Crippen LogP contribution in [-0.2, 0) is 13.2 Å². The van der Waals surface area contributed by atoms with Crippen LogP contribution in [0.15, 0.2) is 60.7 Å². The van der Waals surface area contributed by atoms with Crippen LogP contribution in [0, 0.1) is 0 Å². The maximum absolute atomic E-state index is 13.2. The number of rotatable bonds is 9. The van der Waals surface area contributed by atoms with E-state index in [1.807, 2.05) is 48.5 Å². The highest BCUT2D eigenvalue weighted by molar-refractivity contribution is 6.35. The average molecular weight is 497 g/mol. The van der Waals surface area contributed by atoms with Gasteiger partial charge < -0.3 is 29.2 Å². The van der Waals surface area contributed by atoms with Crippen LogP contribution in [0.1, 0.15) is 21.5 Å². The first kappa shape index (κ1) is 24.7. The van der Waals surface area contributed by atoms with Crippen LogP contribution >= 0.6 is 11.6 Å². The van der Waals surface area contributed by atoms with E-state index in [1.54, 1.807) is 31.3 Å². The second-order valence-electron chi connectivity index (χ2n) is 8.07. The Morgan fingerprint density at radius 3 is 1.91 bits per heavy atom. The second-order valence-corrected chi connectivity index (χ2v) is 8.45. The Balaban J connectivity index is 1.57. The Hall–Kier alpha value is -3.42. The van der Waals surface area contributed by atoms with Crippen LogP contribution in [0.2, 0.25) is 5.02 Å². The number of ether oxygens (including phenoxy) is 4. The lowest BCUT2D eigenvalue weighted by Gasteiger charge is -2.28. The molecule has 1 aliphatic heterocycles. The highest BCUT2D eigenvalue weighted by Crippen LogP contribution is 2.39. The average Bonchev–Trinajstić information content (AvgIpc) is 2.92. The number of piperazine rings is 1. The van der Waals surface area contributed by atoms with E-state index in [2.05, 4.69) is 5.32 Å². The van der Waals surface area contributed by atoms with Gasteiger partial charge in [0.15, 0.2) is 11.5 Å². The smallest absolute Gasteiger partial charge is 0.255 e. The van der Waals surface area contributed by atoms with E-state index in [0.717, 1.165) is 35.7 Å². The van der Waals surface area contributed by atoms with Crippen LogP contribution < -0.4 is 24.3 Å². The van der Waals surface area contributed by atoms with Crippen molar-refractivity contribution in [2.75, 3.05) is 40.4 Å². The molecule has 35 heavy (non-hydrogen) atoms. The number of nitrogens with zero attached hydrogens (tertiary/aromatic N) is 1.